The third-order valence-electron chi connectivity index (χ3n) is 5.11. The molecule has 152 valence electrons. The van der Waals surface area contributed by atoms with E-state index >= 15 is 0 Å². The molecule has 0 radical (unpaired) electrons. The number of methoxy groups -OCH3 is 2. The average Bonchev–Trinajstić information content (AvgIpc) is 3.22. The van der Waals surface area contributed by atoms with E-state index in [4.69, 9.17) is 9.47 Å². The van der Waals surface area contributed by atoms with Crippen LogP contribution in [0.5, 0.6) is 0 Å². The standard InChI is InChI=1S/2C8H18NO.CH3O3P/c2*1-9(7-8-10-2)5-3-4-6-9;1-4-5(2)3/h2*3-8H2,1-2H3;1H3/q2*+1;-2. The van der Waals surface area contributed by atoms with Crippen molar-refractivity contribution >= 4 is 8.60 Å². The molecule has 2 fully saturated rings. The van der Waals surface area contributed by atoms with Crippen molar-refractivity contribution in [1.82, 2.24) is 0 Å². The van der Waals surface area contributed by atoms with Crippen molar-refractivity contribution in [2.24, 2.45) is 0 Å². The Bertz CT molecular complexity index is 283. The molecule has 0 aromatic heterocycles. The molecule has 2 aliphatic rings. The van der Waals surface area contributed by atoms with Crippen LogP contribution in [0.25, 0.3) is 0 Å². The Labute approximate surface area is 155 Å². The van der Waals surface area contributed by atoms with E-state index in [1.54, 1.807) is 14.2 Å². The summed E-state index contributed by atoms with van der Waals surface area (Å²) < 4.78 is 16.3. The van der Waals surface area contributed by atoms with E-state index in [0.29, 0.717) is 0 Å². The molecule has 2 heterocycles. The first-order valence-corrected chi connectivity index (χ1v) is 10.2. The van der Waals surface area contributed by atoms with Gasteiger partial charge in [-0.25, -0.2) is 0 Å². The summed E-state index contributed by atoms with van der Waals surface area (Å²) in [5.74, 6) is 0. The molecule has 0 amide bonds. The molecule has 0 aliphatic carbocycles. The zero-order valence-corrected chi connectivity index (χ0v) is 17.8. The lowest BCUT2D eigenvalue weighted by molar-refractivity contribution is -0.897. The van der Waals surface area contributed by atoms with Gasteiger partial charge in [-0.05, 0) is 0 Å². The molecule has 8 heteroatoms. The van der Waals surface area contributed by atoms with Crippen LogP contribution in [0.3, 0.4) is 0 Å². The molecule has 7 nitrogen and oxygen atoms in total. The molecule has 0 bridgehead atoms. The first-order valence-electron chi connectivity index (χ1n) is 9.14. The van der Waals surface area contributed by atoms with Gasteiger partial charge in [-0.15, -0.1) is 0 Å². The Morgan fingerprint density at radius 1 is 0.720 bits per heavy atom. The third kappa shape index (κ3) is 13.0. The predicted octanol–water partition coefficient (Wildman–Crippen LogP) is 0.327. The number of likely N-dealkylation sites (N-methyl/N-ethyl adjacent to an activating group) is 2. The minimum absolute atomic E-state index is 0.913. The van der Waals surface area contributed by atoms with Crippen LogP contribution in [0.1, 0.15) is 25.7 Å². The van der Waals surface area contributed by atoms with Gasteiger partial charge in [0.25, 0.3) is 0 Å². The summed E-state index contributed by atoms with van der Waals surface area (Å²) in [7, 11) is 6.72. The summed E-state index contributed by atoms with van der Waals surface area (Å²) in [6, 6.07) is 0. The van der Waals surface area contributed by atoms with Crippen molar-refractivity contribution in [2.75, 3.05) is 87.9 Å². The first kappa shape index (κ1) is 25.1. The molecule has 0 spiro atoms. The number of hydrogen-bond acceptors (Lipinski definition) is 5. The number of hydrogen-bond donors (Lipinski definition) is 0. The highest BCUT2D eigenvalue weighted by Crippen LogP contribution is 2.15. The van der Waals surface area contributed by atoms with Gasteiger partial charge in [0.15, 0.2) is 0 Å². The number of nitrogens with zero attached hydrogens (tertiary/aromatic N) is 2. The fourth-order valence-electron chi connectivity index (χ4n) is 3.27. The lowest BCUT2D eigenvalue weighted by atomic mass is 10.4. The maximum Gasteiger partial charge on any atom is 0.102 e. The SMILES string of the molecule is COCC[N+]1(C)CCCC1.COCC[N+]1(C)CCCC1.COP([O-])[O-]. The Balaban J connectivity index is 0.000000368. The van der Waals surface area contributed by atoms with E-state index in [2.05, 4.69) is 18.6 Å². The molecular weight excluding hydrogens is 343 g/mol. The summed E-state index contributed by atoms with van der Waals surface area (Å²) in [4.78, 5) is 18.4. The zero-order valence-electron chi connectivity index (χ0n) is 16.9. The lowest BCUT2D eigenvalue weighted by Crippen LogP contribution is -2.43. The van der Waals surface area contributed by atoms with Gasteiger partial charge in [-0.3, -0.25) is 0 Å². The van der Waals surface area contributed by atoms with Gasteiger partial charge in [0, 0.05) is 47.0 Å². The molecule has 0 N–H and O–H groups in total. The van der Waals surface area contributed by atoms with Crippen LogP contribution in [-0.4, -0.2) is 96.9 Å². The highest BCUT2D eigenvalue weighted by Gasteiger charge is 2.26. The molecular formula is C17H39N2O5P. The van der Waals surface area contributed by atoms with Gasteiger partial charge >= 0.3 is 0 Å². The van der Waals surface area contributed by atoms with Gasteiger partial charge in [0.05, 0.1) is 53.5 Å². The van der Waals surface area contributed by atoms with Crippen LogP contribution in [-0.2, 0) is 14.0 Å². The number of ether oxygens (including phenoxy) is 2. The van der Waals surface area contributed by atoms with E-state index in [1.807, 2.05) is 0 Å². The van der Waals surface area contributed by atoms with Crippen molar-refractivity contribution in [2.45, 2.75) is 25.7 Å². The maximum absolute atomic E-state index is 9.18. The quantitative estimate of drug-likeness (QED) is 0.469. The minimum Gasteiger partial charge on any atom is -0.820 e. The van der Waals surface area contributed by atoms with Crippen LogP contribution in [0, 0.1) is 0 Å². The molecule has 0 atom stereocenters. The van der Waals surface area contributed by atoms with Crippen LogP contribution >= 0.6 is 8.60 Å². The monoisotopic (exact) mass is 382 g/mol. The van der Waals surface area contributed by atoms with Crippen LogP contribution in [0.4, 0.5) is 0 Å². The van der Waals surface area contributed by atoms with E-state index in [1.165, 1.54) is 73.9 Å². The molecule has 2 aliphatic heterocycles. The molecule has 0 unspecified atom stereocenters. The topological polar surface area (TPSA) is 73.8 Å². The predicted molar refractivity (Wildman–Crippen MR) is 97.7 cm³/mol. The lowest BCUT2D eigenvalue weighted by Gasteiger charge is -2.28. The smallest absolute Gasteiger partial charge is 0.102 e. The second-order valence-electron chi connectivity index (χ2n) is 7.39. The highest BCUT2D eigenvalue weighted by molar-refractivity contribution is 7.36. The normalized spacial score (nSPS) is 20.6. The van der Waals surface area contributed by atoms with E-state index < -0.39 is 8.60 Å². The maximum atomic E-state index is 9.18. The van der Waals surface area contributed by atoms with Crippen molar-refractivity contribution in [3.05, 3.63) is 0 Å². The van der Waals surface area contributed by atoms with Crippen molar-refractivity contribution < 1.29 is 32.8 Å². The first-order chi connectivity index (χ1) is 11.8. The van der Waals surface area contributed by atoms with Crippen LogP contribution < -0.4 is 9.79 Å². The second-order valence-corrected chi connectivity index (χ2v) is 8.20. The van der Waals surface area contributed by atoms with Gasteiger partial charge in [0.1, 0.15) is 13.1 Å². The summed E-state index contributed by atoms with van der Waals surface area (Å²) in [6.45, 7) is 9.61. The molecule has 0 aromatic carbocycles. The zero-order chi connectivity index (χ0) is 19.2. The van der Waals surface area contributed by atoms with Gasteiger partial charge in [-0.1, -0.05) is 0 Å². The molecule has 0 saturated carbocycles. The Morgan fingerprint density at radius 3 is 1.20 bits per heavy atom. The second kappa shape index (κ2) is 14.2. The van der Waals surface area contributed by atoms with Gasteiger partial charge in [0.2, 0.25) is 0 Å². The number of rotatable bonds is 7. The van der Waals surface area contributed by atoms with E-state index in [9.17, 15) is 9.79 Å². The molecule has 0 aromatic rings. The Hall–Kier alpha value is 0.150. The minimum atomic E-state index is -2.60. The fraction of sp³-hybridized carbons (Fsp3) is 1.00. The Morgan fingerprint density at radius 2 is 1.00 bits per heavy atom. The van der Waals surface area contributed by atoms with Crippen molar-refractivity contribution in [3.63, 3.8) is 0 Å². The third-order valence-corrected chi connectivity index (χ3v) is 5.41. The highest BCUT2D eigenvalue weighted by atomic mass is 31.2. The van der Waals surface area contributed by atoms with Crippen LogP contribution in [0.15, 0.2) is 0 Å². The fourth-order valence-corrected chi connectivity index (χ4v) is 3.27. The van der Waals surface area contributed by atoms with Crippen LogP contribution in [0.2, 0.25) is 0 Å². The average molecular weight is 382 g/mol. The number of quaternary nitrogens is 2. The number of likely N-dealkylation sites (tertiary alicyclic amines) is 2. The molecule has 2 saturated heterocycles. The summed E-state index contributed by atoms with van der Waals surface area (Å²) in [6.07, 6.45) is 5.61. The summed E-state index contributed by atoms with van der Waals surface area (Å²) in [5, 5.41) is 0. The largest absolute Gasteiger partial charge is 0.820 e. The van der Waals surface area contributed by atoms with E-state index in [-0.39, 0.29) is 0 Å². The van der Waals surface area contributed by atoms with Crippen molar-refractivity contribution in [1.29, 1.82) is 0 Å². The summed E-state index contributed by atoms with van der Waals surface area (Å²) >= 11 is 0. The molecule has 2 rings (SSSR count). The van der Waals surface area contributed by atoms with Gasteiger partial charge in [-0.2, -0.15) is 8.60 Å². The summed E-state index contributed by atoms with van der Waals surface area (Å²) in [5.41, 5.74) is 0. The van der Waals surface area contributed by atoms with E-state index in [0.717, 1.165) is 20.3 Å². The van der Waals surface area contributed by atoms with Gasteiger partial charge < -0.3 is 32.8 Å². The molecule has 25 heavy (non-hydrogen) atoms. The Kier molecular flexibility index (Phi) is 14.3. The van der Waals surface area contributed by atoms with Crippen molar-refractivity contribution in [3.8, 4) is 0 Å².